The zero-order valence-electron chi connectivity index (χ0n) is 24.3. The lowest BCUT2D eigenvalue weighted by Crippen LogP contribution is -2.39. The minimum absolute atomic E-state index is 0.0270. The maximum atomic E-state index is 12.9. The van der Waals surface area contributed by atoms with Crippen molar-refractivity contribution < 1.29 is 14.2 Å². The van der Waals surface area contributed by atoms with Gasteiger partial charge in [0.1, 0.15) is 17.5 Å². The van der Waals surface area contributed by atoms with Gasteiger partial charge in [-0.3, -0.25) is 19.2 Å². The molecule has 0 aliphatic carbocycles. The molecular formula is C36H33N3O5. The number of ether oxygens (including phenoxy) is 3. The molecule has 0 saturated carbocycles. The van der Waals surface area contributed by atoms with Crippen LogP contribution in [-0.2, 0) is 21.6 Å². The molecule has 0 amide bonds. The van der Waals surface area contributed by atoms with Crippen molar-refractivity contribution in [3.63, 3.8) is 0 Å². The first-order valence-electron chi connectivity index (χ1n) is 14.7. The molecule has 2 aliphatic rings. The summed E-state index contributed by atoms with van der Waals surface area (Å²) in [7, 11) is 1.65. The van der Waals surface area contributed by atoms with Crippen molar-refractivity contribution in [3.05, 3.63) is 171 Å². The van der Waals surface area contributed by atoms with Crippen LogP contribution >= 0.6 is 0 Å². The molecule has 44 heavy (non-hydrogen) atoms. The van der Waals surface area contributed by atoms with E-state index in [1.165, 1.54) is 22.4 Å². The van der Waals surface area contributed by atoms with Crippen LogP contribution in [0.1, 0.15) is 28.5 Å². The minimum atomic E-state index is -0.945. The molecule has 5 atom stereocenters. The number of nitrogens with zero attached hydrogens (tertiary/aromatic N) is 2. The van der Waals surface area contributed by atoms with Crippen LogP contribution in [0, 0.1) is 0 Å². The van der Waals surface area contributed by atoms with Gasteiger partial charge in [-0.1, -0.05) is 103 Å². The lowest BCUT2D eigenvalue weighted by Gasteiger charge is -2.37. The Morgan fingerprint density at radius 2 is 1.34 bits per heavy atom. The van der Waals surface area contributed by atoms with E-state index in [2.05, 4.69) is 46.3 Å². The molecular weight excluding hydrogens is 554 g/mol. The van der Waals surface area contributed by atoms with Gasteiger partial charge in [-0.25, -0.2) is 4.79 Å². The highest BCUT2D eigenvalue weighted by atomic mass is 16.6. The van der Waals surface area contributed by atoms with Crippen LogP contribution in [0.2, 0.25) is 0 Å². The van der Waals surface area contributed by atoms with Gasteiger partial charge in [0, 0.05) is 18.8 Å². The van der Waals surface area contributed by atoms with Crippen molar-refractivity contribution in [3.8, 4) is 5.75 Å². The third kappa shape index (κ3) is 5.07. The fourth-order valence-corrected chi connectivity index (χ4v) is 6.55. The predicted octanol–water partition coefficient (Wildman–Crippen LogP) is 4.70. The summed E-state index contributed by atoms with van der Waals surface area (Å²) in [5.41, 5.74) is 2.22. The molecule has 1 aromatic heterocycles. The van der Waals surface area contributed by atoms with E-state index in [0.29, 0.717) is 6.54 Å². The van der Waals surface area contributed by atoms with Crippen LogP contribution < -0.4 is 16.0 Å². The number of methoxy groups -OCH3 is 1. The molecule has 2 fully saturated rings. The highest BCUT2D eigenvalue weighted by Gasteiger charge is 2.63. The SMILES string of the molecule is COc1ccc(C(OC[C@H]2O[C@@H](n3ccc(=O)[nH]c3=O)[C@H]3[C@@H]2N3Cc2ccccc2)(c2ccccc2)c2ccccc2)cc1. The van der Waals surface area contributed by atoms with Gasteiger partial charge in [-0.05, 0) is 34.4 Å². The quantitative estimate of drug-likeness (QED) is 0.188. The molecule has 4 aromatic carbocycles. The number of fused-ring (bicyclic) bond motifs is 1. The van der Waals surface area contributed by atoms with Gasteiger partial charge in [-0.2, -0.15) is 0 Å². The van der Waals surface area contributed by atoms with Crippen LogP contribution in [0.4, 0.5) is 0 Å². The standard InChI is InChI=1S/C36H33N3O5/c1-42-29-19-17-28(18-20-29)36(26-13-7-3-8-14-26,27-15-9-4-10-16-27)43-24-30-32-33(39(32)23-25-11-5-2-6-12-25)34(44-30)38-22-21-31(40)37-35(38)41/h2-22,30,32-34H,23-24H2,1H3,(H,37,40,41)/t30-,32-,33-,34-,39?/m1/s1. The number of benzene rings is 4. The minimum Gasteiger partial charge on any atom is -0.497 e. The topological polar surface area (TPSA) is 85.6 Å². The Bertz CT molecular complexity index is 1780. The summed E-state index contributed by atoms with van der Waals surface area (Å²) in [5.74, 6) is 0.759. The summed E-state index contributed by atoms with van der Waals surface area (Å²) in [5, 5.41) is 0. The van der Waals surface area contributed by atoms with Gasteiger partial charge in [0.25, 0.3) is 5.56 Å². The van der Waals surface area contributed by atoms with E-state index >= 15 is 0 Å². The van der Waals surface area contributed by atoms with E-state index in [9.17, 15) is 9.59 Å². The molecule has 0 radical (unpaired) electrons. The number of morpholine rings is 1. The van der Waals surface area contributed by atoms with Crippen LogP contribution in [0.5, 0.6) is 5.75 Å². The molecule has 3 heterocycles. The fraction of sp³-hybridized carbons (Fsp3) is 0.222. The number of aromatic amines is 1. The molecule has 8 heteroatoms. The first-order valence-corrected chi connectivity index (χ1v) is 14.7. The largest absolute Gasteiger partial charge is 0.497 e. The Morgan fingerprint density at radius 3 is 1.93 bits per heavy atom. The van der Waals surface area contributed by atoms with E-state index in [1.54, 1.807) is 7.11 Å². The van der Waals surface area contributed by atoms with Crippen molar-refractivity contribution in [2.24, 2.45) is 0 Å². The second kappa shape index (κ2) is 11.7. The summed E-state index contributed by atoms with van der Waals surface area (Å²) in [4.78, 5) is 29.4. The Kier molecular flexibility index (Phi) is 7.47. The smallest absolute Gasteiger partial charge is 0.330 e. The van der Waals surface area contributed by atoms with E-state index < -0.39 is 23.1 Å². The van der Waals surface area contributed by atoms with E-state index in [4.69, 9.17) is 14.2 Å². The van der Waals surface area contributed by atoms with Gasteiger partial charge in [-0.15, -0.1) is 0 Å². The first kappa shape index (κ1) is 28.0. The van der Waals surface area contributed by atoms with Gasteiger partial charge >= 0.3 is 5.69 Å². The van der Waals surface area contributed by atoms with E-state index in [1.807, 2.05) is 78.9 Å². The van der Waals surface area contributed by atoms with Crippen LogP contribution in [0.15, 0.2) is 137 Å². The first-order chi connectivity index (χ1) is 21.6. The van der Waals surface area contributed by atoms with Crippen LogP contribution in [0.3, 0.4) is 0 Å². The molecule has 1 unspecified atom stereocenters. The second-order valence-corrected chi connectivity index (χ2v) is 11.2. The van der Waals surface area contributed by atoms with Crippen molar-refractivity contribution >= 4 is 0 Å². The Hall–Kier alpha value is -4.76. The molecule has 5 aromatic rings. The Labute approximate surface area is 255 Å². The highest BCUT2D eigenvalue weighted by molar-refractivity contribution is 5.48. The maximum Gasteiger partial charge on any atom is 0.330 e. The van der Waals surface area contributed by atoms with Crippen molar-refractivity contribution in [1.29, 1.82) is 0 Å². The summed E-state index contributed by atoms with van der Waals surface area (Å²) in [6.45, 7) is 0.975. The third-order valence-corrected chi connectivity index (χ3v) is 8.67. The van der Waals surface area contributed by atoms with E-state index in [0.717, 1.165) is 22.4 Å². The molecule has 1 N–H and O–H groups in total. The predicted molar refractivity (Wildman–Crippen MR) is 167 cm³/mol. The van der Waals surface area contributed by atoms with Gasteiger partial charge in [0.2, 0.25) is 0 Å². The molecule has 0 bridgehead atoms. The zero-order chi connectivity index (χ0) is 30.1. The number of aromatic nitrogens is 2. The lowest BCUT2D eigenvalue weighted by molar-refractivity contribution is -0.103. The number of rotatable bonds is 10. The van der Waals surface area contributed by atoms with Crippen molar-refractivity contribution in [2.75, 3.05) is 13.7 Å². The average molecular weight is 588 g/mol. The van der Waals surface area contributed by atoms with Crippen LogP contribution in [0.25, 0.3) is 0 Å². The molecule has 2 saturated heterocycles. The summed E-state index contributed by atoms with van der Waals surface area (Å²) in [6, 6.07) is 39.9. The third-order valence-electron chi connectivity index (χ3n) is 8.67. The summed E-state index contributed by atoms with van der Waals surface area (Å²) >= 11 is 0. The highest BCUT2D eigenvalue weighted by Crippen LogP contribution is 2.50. The number of hydrogen-bond donors (Lipinski definition) is 1. The number of H-pyrrole nitrogens is 1. The van der Waals surface area contributed by atoms with Crippen molar-refractivity contribution in [2.45, 2.75) is 36.6 Å². The fourth-order valence-electron chi connectivity index (χ4n) is 6.55. The molecule has 222 valence electrons. The second-order valence-electron chi connectivity index (χ2n) is 11.2. The normalized spacial score (nSPS) is 22.3. The summed E-state index contributed by atoms with van der Waals surface area (Å²) in [6.07, 6.45) is 0.615. The van der Waals surface area contributed by atoms with Gasteiger partial charge in [0.15, 0.2) is 6.23 Å². The van der Waals surface area contributed by atoms with E-state index in [-0.39, 0.29) is 24.8 Å². The number of hydrogen-bond acceptors (Lipinski definition) is 6. The monoisotopic (exact) mass is 587 g/mol. The Morgan fingerprint density at radius 1 is 0.750 bits per heavy atom. The lowest BCUT2D eigenvalue weighted by atomic mass is 9.80. The Balaban J connectivity index is 1.27. The molecule has 7 rings (SSSR count). The number of nitrogens with one attached hydrogen (secondary N) is 1. The zero-order valence-corrected chi connectivity index (χ0v) is 24.3. The van der Waals surface area contributed by atoms with Gasteiger partial charge in [0.05, 0.1) is 25.8 Å². The summed E-state index contributed by atoms with van der Waals surface area (Å²) < 4.78 is 20.7. The average Bonchev–Trinajstić information content (AvgIpc) is 3.63. The maximum absolute atomic E-state index is 12.9. The van der Waals surface area contributed by atoms with Crippen molar-refractivity contribution in [1.82, 2.24) is 14.5 Å². The van der Waals surface area contributed by atoms with Gasteiger partial charge < -0.3 is 14.2 Å². The van der Waals surface area contributed by atoms with Crippen LogP contribution in [-0.4, -0.2) is 46.4 Å². The molecule has 8 nitrogen and oxygen atoms in total. The molecule has 0 spiro atoms. The molecule has 2 aliphatic heterocycles.